The van der Waals surface area contributed by atoms with Gasteiger partial charge in [0, 0.05) is 18.7 Å². The highest BCUT2D eigenvalue weighted by Crippen LogP contribution is 2.43. The van der Waals surface area contributed by atoms with Gasteiger partial charge in [-0.2, -0.15) is 0 Å². The SMILES string of the molecule is CC(C)=CCNc1sc(C(=O)C2CC2)c(N)c1S(C)(=O)=O. The zero-order chi connectivity index (χ0) is 15.8. The Morgan fingerprint density at radius 2 is 2.05 bits per heavy atom. The first-order chi connectivity index (χ1) is 9.71. The minimum Gasteiger partial charge on any atom is -0.396 e. The van der Waals surface area contributed by atoms with Gasteiger partial charge in [-0.3, -0.25) is 4.79 Å². The van der Waals surface area contributed by atoms with E-state index in [2.05, 4.69) is 5.32 Å². The molecule has 0 saturated heterocycles. The molecule has 7 heteroatoms. The van der Waals surface area contributed by atoms with Gasteiger partial charge in [0.15, 0.2) is 15.6 Å². The van der Waals surface area contributed by atoms with Crippen molar-refractivity contribution in [1.82, 2.24) is 0 Å². The van der Waals surface area contributed by atoms with Crippen molar-refractivity contribution in [2.45, 2.75) is 31.6 Å². The number of Topliss-reactive ketones (excluding diaryl/α,β-unsaturated/α-hetero) is 1. The molecule has 0 aliphatic heterocycles. The number of hydrogen-bond acceptors (Lipinski definition) is 6. The number of nitrogens with one attached hydrogen (secondary N) is 1. The lowest BCUT2D eigenvalue weighted by atomic mass is 10.2. The molecule has 1 fully saturated rings. The summed E-state index contributed by atoms with van der Waals surface area (Å²) in [5.41, 5.74) is 7.17. The van der Waals surface area contributed by atoms with E-state index < -0.39 is 9.84 Å². The average Bonchev–Trinajstić information content (AvgIpc) is 3.11. The maximum Gasteiger partial charge on any atom is 0.180 e. The van der Waals surface area contributed by atoms with Crippen molar-refractivity contribution >= 4 is 37.6 Å². The van der Waals surface area contributed by atoms with Crippen LogP contribution in [0, 0.1) is 5.92 Å². The molecule has 1 aliphatic rings. The number of carbonyl (C=O) groups excluding carboxylic acids is 1. The van der Waals surface area contributed by atoms with E-state index in [9.17, 15) is 13.2 Å². The molecular formula is C14H20N2O3S2. The molecule has 3 N–H and O–H groups in total. The number of sulfone groups is 1. The third-order valence-corrected chi connectivity index (χ3v) is 5.69. The van der Waals surface area contributed by atoms with E-state index >= 15 is 0 Å². The van der Waals surface area contributed by atoms with Gasteiger partial charge in [0.25, 0.3) is 0 Å². The first-order valence-electron chi connectivity index (χ1n) is 6.75. The summed E-state index contributed by atoms with van der Waals surface area (Å²) in [7, 11) is -3.48. The zero-order valence-corrected chi connectivity index (χ0v) is 14.0. The van der Waals surface area contributed by atoms with Crippen molar-refractivity contribution in [3.8, 4) is 0 Å². The van der Waals surface area contributed by atoms with Crippen LogP contribution in [0.1, 0.15) is 36.4 Å². The highest BCUT2D eigenvalue weighted by Gasteiger charge is 2.35. The average molecular weight is 328 g/mol. The Morgan fingerprint density at radius 3 is 2.52 bits per heavy atom. The van der Waals surface area contributed by atoms with Crippen LogP contribution in [0.15, 0.2) is 16.5 Å². The number of nitrogen functional groups attached to an aromatic ring is 1. The summed E-state index contributed by atoms with van der Waals surface area (Å²) in [6.45, 7) is 4.43. The van der Waals surface area contributed by atoms with Gasteiger partial charge >= 0.3 is 0 Å². The number of ketones is 1. The van der Waals surface area contributed by atoms with Crippen molar-refractivity contribution < 1.29 is 13.2 Å². The fourth-order valence-electron chi connectivity index (χ4n) is 1.98. The summed E-state index contributed by atoms with van der Waals surface area (Å²) >= 11 is 1.15. The molecule has 1 heterocycles. The van der Waals surface area contributed by atoms with Gasteiger partial charge in [-0.05, 0) is 26.7 Å². The van der Waals surface area contributed by atoms with E-state index in [0.29, 0.717) is 16.4 Å². The fourth-order valence-corrected chi connectivity index (χ4v) is 4.57. The van der Waals surface area contributed by atoms with Crippen molar-refractivity contribution in [3.05, 3.63) is 16.5 Å². The molecule has 116 valence electrons. The van der Waals surface area contributed by atoms with Crippen LogP contribution in [0.2, 0.25) is 0 Å². The maximum absolute atomic E-state index is 12.2. The van der Waals surface area contributed by atoms with E-state index in [4.69, 9.17) is 5.73 Å². The van der Waals surface area contributed by atoms with Crippen LogP contribution in [0.25, 0.3) is 0 Å². The van der Waals surface area contributed by atoms with Crippen LogP contribution in [0.4, 0.5) is 10.7 Å². The van der Waals surface area contributed by atoms with Crippen LogP contribution in [0.5, 0.6) is 0 Å². The summed E-state index contributed by atoms with van der Waals surface area (Å²) in [4.78, 5) is 12.6. The summed E-state index contributed by atoms with van der Waals surface area (Å²) in [6.07, 6.45) is 4.79. The third kappa shape index (κ3) is 3.65. The highest BCUT2D eigenvalue weighted by atomic mass is 32.2. The summed E-state index contributed by atoms with van der Waals surface area (Å²) in [5.74, 6) is -0.0124. The lowest BCUT2D eigenvalue weighted by Gasteiger charge is -2.04. The molecule has 1 aliphatic carbocycles. The number of nitrogens with two attached hydrogens (primary N) is 1. The number of anilines is 2. The Morgan fingerprint density at radius 1 is 1.43 bits per heavy atom. The zero-order valence-electron chi connectivity index (χ0n) is 12.4. The lowest BCUT2D eigenvalue weighted by molar-refractivity contribution is 0.0972. The monoisotopic (exact) mass is 328 g/mol. The van der Waals surface area contributed by atoms with Gasteiger partial charge < -0.3 is 11.1 Å². The third-order valence-electron chi connectivity index (χ3n) is 3.22. The van der Waals surface area contributed by atoms with Gasteiger partial charge in [0.2, 0.25) is 0 Å². The van der Waals surface area contributed by atoms with Gasteiger partial charge in [0.1, 0.15) is 9.90 Å². The van der Waals surface area contributed by atoms with Crippen LogP contribution in [-0.2, 0) is 9.84 Å². The summed E-state index contributed by atoms with van der Waals surface area (Å²) < 4.78 is 23.9. The topological polar surface area (TPSA) is 89.3 Å². The molecule has 0 bridgehead atoms. The molecule has 0 radical (unpaired) electrons. The standard InChI is InChI=1S/C14H20N2O3S2/c1-8(2)6-7-16-14-13(21(3,18)19)10(15)12(20-14)11(17)9-4-5-9/h6,9,16H,4-5,7,15H2,1-3H3. The molecule has 0 unspecified atom stereocenters. The Bertz CT molecular complexity index is 694. The second-order valence-corrected chi connectivity index (χ2v) is 8.55. The predicted molar refractivity (Wildman–Crippen MR) is 86.8 cm³/mol. The molecule has 0 spiro atoms. The smallest absolute Gasteiger partial charge is 0.180 e. The van der Waals surface area contributed by atoms with Crippen LogP contribution in [0.3, 0.4) is 0 Å². The first-order valence-corrected chi connectivity index (χ1v) is 9.46. The molecule has 0 aromatic carbocycles. The largest absolute Gasteiger partial charge is 0.396 e. The molecule has 1 saturated carbocycles. The quantitative estimate of drug-likeness (QED) is 0.619. The second kappa shape index (κ2) is 5.81. The molecule has 1 aromatic rings. The van der Waals surface area contributed by atoms with Crippen LogP contribution < -0.4 is 11.1 Å². The Hall–Kier alpha value is -1.34. The summed E-state index contributed by atoms with van der Waals surface area (Å²) in [5, 5.41) is 3.51. The Balaban J connectivity index is 2.40. The number of carbonyl (C=O) groups is 1. The molecular weight excluding hydrogens is 308 g/mol. The van der Waals surface area contributed by atoms with E-state index in [0.717, 1.165) is 36.0 Å². The molecule has 1 aromatic heterocycles. The molecule has 21 heavy (non-hydrogen) atoms. The summed E-state index contributed by atoms with van der Waals surface area (Å²) in [6, 6.07) is 0. The molecule has 0 amide bonds. The second-order valence-electron chi connectivity index (χ2n) is 5.58. The molecule has 5 nitrogen and oxygen atoms in total. The molecule has 0 atom stereocenters. The fraction of sp³-hybridized carbons (Fsp3) is 0.500. The van der Waals surface area contributed by atoms with Crippen LogP contribution >= 0.6 is 11.3 Å². The number of thiophene rings is 1. The van der Waals surface area contributed by atoms with Gasteiger partial charge in [-0.1, -0.05) is 11.6 Å². The van der Waals surface area contributed by atoms with Gasteiger partial charge in [-0.25, -0.2) is 8.42 Å². The molecule has 2 rings (SSSR count). The maximum atomic E-state index is 12.2. The Labute approximate surface area is 129 Å². The van der Waals surface area contributed by atoms with Crippen molar-refractivity contribution in [1.29, 1.82) is 0 Å². The minimum absolute atomic E-state index is 0.0176. The van der Waals surface area contributed by atoms with Crippen molar-refractivity contribution in [2.75, 3.05) is 23.9 Å². The van der Waals surface area contributed by atoms with E-state index in [1.165, 1.54) is 0 Å². The van der Waals surface area contributed by atoms with E-state index in [1.54, 1.807) is 0 Å². The number of hydrogen-bond donors (Lipinski definition) is 2. The van der Waals surface area contributed by atoms with E-state index in [1.807, 2.05) is 19.9 Å². The minimum atomic E-state index is -3.48. The normalized spacial score (nSPS) is 14.8. The number of allylic oxidation sites excluding steroid dienone is 1. The van der Waals surface area contributed by atoms with Gasteiger partial charge in [-0.15, -0.1) is 11.3 Å². The lowest BCUT2D eigenvalue weighted by Crippen LogP contribution is -2.07. The predicted octanol–water partition coefficient (Wildman–Crippen LogP) is 2.70. The van der Waals surface area contributed by atoms with Gasteiger partial charge in [0.05, 0.1) is 10.6 Å². The van der Waals surface area contributed by atoms with Crippen molar-refractivity contribution in [2.24, 2.45) is 5.92 Å². The van der Waals surface area contributed by atoms with E-state index in [-0.39, 0.29) is 22.3 Å². The van der Waals surface area contributed by atoms with Crippen LogP contribution in [-0.4, -0.2) is 27.0 Å². The van der Waals surface area contributed by atoms with Crippen molar-refractivity contribution in [3.63, 3.8) is 0 Å². The first kappa shape index (κ1) is 16.0. The Kier molecular flexibility index (Phi) is 4.43. The highest BCUT2D eigenvalue weighted by molar-refractivity contribution is 7.91. The number of rotatable bonds is 6.